The van der Waals surface area contributed by atoms with Gasteiger partial charge in [0.15, 0.2) is 0 Å². The van der Waals surface area contributed by atoms with Crippen molar-refractivity contribution in [2.45, 2.75) is 68.0 Å². The molecule has 0 radical (unpaired) electrons. The summed E-state index contributed by atoms with van der Waals surface area (Å²) in [5.74, 6) is -0.682. The second-order valence-electron chi connectivity index (χ2n) is 9.18. The maximum absolute atomic E-state index is 13.3. The number of carbonyl (C=O) groups excluding carboxylic acids is 1. The molecule has 5 rings (SSSR count). The van der Waals surface area contributed by atoms with Crippen LogP contribution in [0, 0.1) is 10.8 Å². The molecule has 1 aromatic heterocycles. The summed E-state index contributed by atoms with van der Waals surface area (Å²) >= 11 is 0. The fourth-order valence-corrected chi connectivity index (χ4v) is 6.84. The lowest BCUT2D eigenvalue weighted by atomic mass is 9.36. The second kappa shape index (κ2) is 5.37. The molecular formula is C20H26O8. The van der Waals surface area contributed by atoms with Gasteiger partial charge in [-0.1, -0.05) is 0 Å². The van der Waals surface area contributed by atoms with Crippen molar-refractivity contribution in [3.63, 3.8) is 0 Å². The molecule has 4 N–H and O–H groups in total. The molecule has 0 aromatic carbocycles. The number of aliphatic hydroxyl groups is 4. The summed E-state index contributed by atoms with van der Waals surface area (Å²) in [5, 5.41) is 44.8. The third kappa shape index (κ3) is 1.70. The summed E-state index contributed by atoms with van der Waals surface area (Å²) in [4.78, 5) is 13.3. The number of furan rings is 1. The molecule has 3 heterocycles. The molecule has 1 aromatic rings. The molecule has 4 aliphatic rings. The zero-order valence-corrected chi connectivity index (χ0v) is 15.8. The first-order chi connectivity index (χ1) is 13.2. The quantitative estimate of drug-likeness (QED) is 0.532. The van der Waals surface area contributed by atoms with E-state index >= 15 is 0 Å². The number of hydrogen-bond acceptors (Lipinski definition) is 8. The van der Waals surface area contributed by atoms with Gasteiger partial charge in [-0.3, -0.25) is 4.79 Å². The van der Waals surface area contributed by atoms with Crippen molar-refractivity contribution in [1.82, 2.24) is 0 Å². The molecule has 154 valence electrons. The van der Waals surface area contributed by atoms with Crippen LogP contribution in [-0.4, -0.2) is 62.5 Å². The molecule has 28 heavy (non-hydrogen) atoms. The minimum atomic E-state index is -1.78. The van der Waals surface area contributed by atoms with Crippen molar-refractivity contribution in [2.24, 2.45) is 10.8 Å². The lowest BCUT2D eigenvalue weighted by Crippen LogP contribution is -2.88. The highest BCUT2D eigenvalue weighted by Crippen LogP contribution is 2.74. The smallest absolute Gasteiger partial charge is 0.318 e. The first kappa shape index (κ1) is 18.6. The van der Waals surface area contributed by atoms with E-state index in [0.29, 0.717) is 18.4 Å². The number of ether oxygens (including phenoxy) is 2. The fourth-order valence-electron chi connectivity index (χ4n) is 6.84. The Balaban J connectivity index is 1.69. The lowest BCUT2D eigenvalue weighted by molar-refractivity contribution is -0.430. The van der Waals surface area contributed by atoms with E-state index in [1.165, 1.54) is 19.5 Å². The highest BCUT2D eigenvalue weighted by atomic mass is 16.6. The number of fused-ring (bicyclic) bond motifs is 1. The minimum absolute atomic E-state index is 0.0205. The predicted octanol–water partition coefficient (Wildman–Crippen LogP) is 0.432. The van der Waals surface area contributed by atoms with E-state index in [2.05, 4.69) is 0 Å². The SMILES string of the molecule is C[C@]1(O)C[C@H](O)[C@@]23CO[C@]2(CO)CCC[C@]3(O)[C@@]12C[C@@H](c1ccoc1)OC2=O. The molecule has 2 saturated heterocycles. The Morgan fingerprint density at radius 1 is 1.25 bits per heavy atom. The van der Waals surface area contributed by atoms with Gasteiger partial charge >= 0.3 is 5.97 Å². The highest BCUT2D eigenvalue weighted by molar-refractivity contribution is 5.83. The Morgan fingerprint density at radius 2 is 2.04 bits per heavy atom. The molecule has 8 heteroatoms. The third-order valence-corrected chi connectivity index (χ3v) is 8.29. The van der Waals surface area contributed by atoms with Gasteiger partial charge in [0.2, 0.25) is 0 Å². The maximum Gasteiger partial charge on any atom is 0.318 e. The molecular weight excluding hydrogens is 368 g/mol. The van der Waals surface area contributed by atoms with Crippen molar-refractivity contribution in [3.05, 3.63) is 24.2 Å². The van der Waals surface area contributed by atoms with Crippen LogP contribution < -0.4 is 0 Å². The van der Waals surface area contributed by atoms with Crippen LogP contribution in [0.3, 0.4) is 0 Å². The van der Waals surface area contributed by atoms with E-state index in [-0.39, 0.29) is 32.5 Å². The van der Waals surface area contributed by atoms with Crippen molar-refractivity contribution < 1.29 is 39.1 Å². The number of rotatable bonds is 2. The third-order valence-electron chi connectivity index (χ3n) is 8.29. The zero-order valence-electron chi connectivity index (χ0n) is 15.8. The van der Waals surface area contributed by atoms with E-state index in [4.69, 9.17) is 13.9 Å². The van der Waals surface area contributed by atoms with Crippen LogP contribution in [0.1, 0.15) is 50.7 Å². The molecule has 2 aliphatic heterocycles. The van der Waals surface area contributed by atoms with E-state index in [1.54, 1.807) is 6.07 Å². The zero-order chi connectivity index (χ0) is 20.0. The average molecular weight is 394 g/mol. The first-order valence-corrected chi connectivity index (χ1v) is 9.81. The van der Waals surface area contributed by atoms with Crippen molar-refractivity contribution in [2.75, 3.05) is 13.2 Å². The van der Waals surface area contributed by atoms with Crippen LogP contribution in [0.5, 0.6) is 0 Å². The van der Waals surface area contributed by atoms with Gasteiger partial charge in [0.25, 0.3) is 0 Å². The van der Waals surface area contributed by atoms with Gasteiger partial charge in [-0.25, -0.2) is 0 Å². The van der Waals surface area contributed by atoms with Crippen LogP contribution >= 0.6 is 0 Å². The molecule has 2 saturated carbocycles. The first-order valence-electron chi connectivity index (χ1n) is 9.81. The lowest BCUT2D eigenvalue weighted by Gasteiger charge is -2.75. The highest BCUT2D eigenvalue weighted by Gasteiger charge is 2.87. The largest absolute Gasteiger partial charge is 0.472 e. The van der Waals surface area contributed by atoms with E-state index < -0.39 is 45.8 Å². The number of hydrogen-bond donors (Lipinski definition) is 4. The molecule has 0 amide bonds. The Bertz CT molecular complexity index is 801. The summed E-state index contributed by atoms with van der Waals surface area (Å²) in [7, 11) is 0. The normalized spacial score (nSPS) is 52.7. The van der Waals surface area contributed by atoms with Crippen LogP contribution in [0.2, 0.25) is 0 Å². The summed E-state index contributed by atoms with van der Waals surface area (Å²) in [5.41, 5.74) is -6.84. The Labute approximate surface area is 162 Å². The van der Waals surface area contributed by atoms with Crippen molar-refractivity contribution >= 4 is 5.97 Å². The van der Waals surface area contributed by atoms with Gasteiger partial charge in [0.05, 0.1) is 48.5 Å². The van der Waals surface area contributed by atoms with Gasteiger partial charge in [-0.2, -0.15) is 0 Å². The predicted molar refractivity (Wildman–Crippen MR) is 92.8 cm³/mol. The molecule has 2 spiro atoms. The summed E-state index contributed by atoms with van der Waals surface area (Å²) in [6.07, 6.45) is 2.28. The van der Waals surface area contributed by atoms with Gasteiger partial charge in [-0.05, 0) is 32.3 Å². The monoisotopic (exact) mass is 394 g/mol. The molecule has 0 unspecified atom stereocenters. The van der Waals surface area contributed by atoms with Crippen LogP contribution in [-0.2, 0) is 14.3 Å². The molecule has 4 fully saturated rings. The molecule has 8 nitrogen and oxygen atoms in total. The minimum Gasteiger partial charge on any atom is -0.472 e. The van der Waals surface area contributed by atoms with Gasteiger partial charge in [0.1, 0.15) is 17.1 Å². The number of carbonyl (C=O) groups is 1. The molecule has 7 atom stereocenters. The molecule has 2 aliphatic carbocycles. The summed E-state index contributed by atoms with van der Waals surface area (Å²) < 4.78 is 16.5. The van der Waals surface area contributed by atoms with Gasteiger partial charge in [-0.15, -0.1) is 0 Å². The van der Waals surface area contributed by atoms with E-state index in [9.17, 15) is 25.2 Å². The topological polar surface area (TPSA) is 130 Å². The Kier molecular flexibility index (Phi) is 3.56. The van der Waals surface area contributed by atoms with Crippen LogP contribution in [0.15, 0.2) is 23.0 Å². The number of aliphatic hydroxyl groups excluding tert-OH is 2. The second-order valence-corrected chi connectivity index (χ2v) is 9.18. The summed E-state index contributed by atoms with van der Waals surface area (Å²) in [6, 6.07) is 1.69. The van der Waals surface area contributed by atoms with E-state index in [0.717, 1.165) is 0 Å². The fraction of sp³-hybridized carbons (Fsp3) is 0.750. The average Bonchev–Trinajstić information content (AvgIpc) is 3.24. The Morgan fingerprint density at radius 3 is 2.64 bits per heavy atom. The number of esters is 1. The number of cyclic esters (lactones) is 1. The maximum atomic E-state index is 13.3. The van der Waals surface area contributed by atoms with Gasteiger partial charge in [0, 0.05) is 18.4 Å². The van der Waals surface area contributed by atoms with Crippen molar-refractivity contribution in [3.8, 4) is 0 Å². The van der Waals surface area contributed by atoms with Crippen LogP contribution in [0.25, 0.3) is 0 Å². The summed E-state index contributed by atoms with van der Waals surface area (Å²) in [6.45, 7) is 1.13. The Hall–Kier alpha value is -1.45. The molecule has 0 bridgehead atoms. The van der Waals surface area contributed by atoms with E-state index in [1.807, 2.05) is 0 Å². The van der Waals surface area contributed by atoms with Crippen molar-refractivity contribution in [1.29, 1.82) is 0 Å². The van der Waals surface area contributed by atoms with Crippen LogP contribution in [0.4, 0.5) is 0 Å². The van der Waals surface area contributed by atoms with Gasteiger partial charge < -0.3 is 34.3 Å². The standard InChI is InChI=1S/C20H26O8/c1-16(24)8-14(22)19-11-27-17(19,10-21)4-2-5-20(19,25)18(16)7-13(28-15(18)23)12-3-6-26-9-12/h3,6,9,13-14,21-22,24-25H,2,4-5,7-8,10-11H2,1H3/t13-,14-,16-,17-,18+,19-,20-/m0/s1.